The van der Waals surface area contributed by atoms with Crippen molar-refractivity contribution in [1.29, 1.82) is 0 Å². The second kappa shape index (κ2) is 8.68. The molecular weight excluding hydrogens is 418 g/mol. The van der Waals surface area contributed by atoms with Crippen molar-refractivity contribution in [2.24, 2.45) is 0 Å². The van der Waals surface area contributed by atoms with Crippen molar-refractivity contribution < 1.29 is 22.7 Å². The molecule has 0 atom stereocenters. The smallest absolute Gasteiger partial charge is 0.255 e. The molecular formula is C22H25N3O5S. The Morgan fingerprint density at radius 3 is 2.32 bits per heavy atom. The molecule has 2 fully saturated rings. The maximum Gasteiger partial charge on any atom is 0.255 e. The van der Waals surface area contributed by atoms with Gasteiger partial charge in [0.05, 0.1) is 17.7 Å². The number of hydrogen-bond donors (Lipinski definition) is 1. The number of nitrogens with zero attached hydrogens (tertiary/aromatic N) is 2. The second-order valence-electron chi connectivity index (χ2n) is 7.63. The van der Waals surface area contributed by atoms with Crippen molar-refractivity contribution in [3.05, 3.63) is 48.0 Å². The number of hydrogen-bond acceptors (Lipinski definition) is 5. The molecule has 2 aliphatic heterocycles. The van der Waals surface area contributed by atoms with E-state index in [9.17, 15) is 18.0 Å². The third-order valence-corrected chi connectivity index (χ3v) is 7.53. The van der Waals surface area contributed by atoms with Crippen molar-refractivity contribution in [3.63, 3.8) is 0 Å². The quantitative estimate of drug-likeness (QED) is 0.741. The summed E-state index contributed by atoms with van der Waals surface area (Å²) < 4.78 is 32.1. The zero-order chi connectivity index (χ0) is 22.0. The highest BCUT2D eigenvalue weighted by molar-refractivity contribution is 7.89. The number of amides is 2. The zero-order valence-electron chi connectivity index (χ0n) is 17.3. The Balaban J connectivity index is 1.51. The van der Waals surface area contributed by atoms with Crippen LogP contribution in [0.3, 0.4) is 0 Å². The largest absolute Gasteiger partial charge is 0.495 e. The first-order valence-corrected chi connectivity index (χ1v) is 11.7. The molecule has 2 aliphatic rings. The average Bonchev–Trinajstić information content (AvgIpc) is 3.46. The molecule has 0 aromatic heterocycles. The predicted octanol–water partition coefficient (Wildman–Crippen LogP) is 2.86. The van der Waals surface area contributed by atoms with Gasteiger partial charge in [-0.2, -0.15) is 4.31 Å². The maximum atomic E-state index is 12.7. The van der Waals surface area contributed by atoms with E-state index in [1.54, 1.807) is 23.1 Å². The van der Waals surface area contributed by atoms with E-state index in [2.05, 4.69) is 5.32 Å². The van der Waals surface area contributed by atoms with Gasteiger partial charge in [-0.25, -0.2) is 8.42 Å². The SMILES string of the molecule is COc1ccc(NC(=O)c2ccc(S(=O)(=O)N3CCCC3)cc2)cc1N1CCCC1=O. The lowest BCUT2D eigenvalue weighted by Crippen LogP contribution is -2.27. The van der Waals surface area contributed by atoms with Gasteiger partial charge in [-0.1, -0.05) is 0 Å². The van der Waals surface area contributed by atoms with Crippen LogP contribution in [0, 0.1) is 0 Å². The van der Waals surface area contributed by atoms with Crippen LogP contribution in [0.5, 0.6) is 5.75 Å². The van der Waals surface area contributed by atoms with Gasteiger partial charge in [0.2, 0.25) is 15.9 Å². The van der Waals surface area contributed by atoms with Gasteiger partial charge in [0, 0.05) is 37.3 Å². The molecule has 2 saturated heterocycles. The monoisotopic (exact) mass is 443 g/mol. The molecule has 0 bridgehead atoms. The third kappa shape index (κ3) is 4.28. The van der Waals surface area contributed by atoms with E-state index in [1.165, 1.54) is 35.7 Å². The number of carbonyl (C=O) groups is 2. The molecule has 31 heavy (non-hydrogen) atoms. The van der Waals surface area contributed by atoms with Crippen LogP contribution in [-0.4, -0.2) is 51.3 Å². The Labute approximate surface area is 181 Å². The maximum absolute atomic E-state index is 12.7. The fourth-order valence-corrected chi connectivity index (χ4v) is 5.46. The molecule has 2 amide bonds. The van der Waals surface area contributed by atoms with Gasteiger partial charge < -0.3 is 15.0 Å². The molecule has 0 saturated carbocycles. The third-order valence-electron chi connectivity index (χ3n) is 5.62. The van der Waals surface area contributed by atoms with Crippen LogP contribution in [0.1, 0.15) is 36.0 Å². The van der Waals surface area contributed by atoms with E-state index in [0.29, 0.717) is 48.7 Å². The van der Waals surface area contributed by atoms with Crippen LogP contribution in [0.25, 0.3) is 0 Å². The van der Waals surface area contributed by atoms with Gasteiger partial charge in [-0.05, 0) is 61.7 Å². The Bertz CT molecular complexity index is 1090. The standard InChI is InChI=1S/C22H25N3O5S/c1-30-20-11-8-17(15-19(20)25-14-4-5-21(25)26)23-22(27)16-6-9-18(10-7-16)31(28,29)24-12-2-3-13-24/h6-11,15H,2-5,12-14H2,1H3,(H,23,27). The van der Waals surface area contributed by atoms with Gasteiger partial charge in [0.25, 0.3) is 5.91 Å². The minimum atomic E-state index is -3.52. The minimum absolute atomic E-state index is 0.0246. The molecule has 2 heterocycles. The van der Waals surface area contributed by atoms with Gasteiger partial charge >= 0.3 is 0 Å². The Hall–Kier alpha value is -2.91. The number of nitrogens with one attached hydrogen (secondary N) is 1. The van der Waals surface area contributed by atoms with E-state index >= 15 is 0 Å². The number of benzene rings is 2. The summed E-state index contributed by atoms with van der Waals surface area (Å²) in [7, 11) is -1.98. The first-order valence-electron chi connectivity index (χ1n) is 10.3. The highest BCUT2D eigenvalue weighted by Crippen LogP contribution is 2.34. The summed E-state index contributed by atoms with van der Waals surface area (Å²) in [5.41, 5.74) is 1.49. The summed E-state index contributed by atoms with van der Waals surface area (Å²) in [6, 6.07) is 11.1. The minimum Gasteiger partial charge on any atom is -0.495 e. The molecule has 164 valence electrons. The van der Waals surface area contributed by atoms with Crippen molar-refractivity contribution in [1.82, 2.24) is 4.31 Å². The summed E-state index contributed by atoms with van der Waals surface area (Å²) in [6.07, 6.45) is 3.01. The van der Waals surface area contributed by atoms with E-state index in [4.69, 9.17) is 4.74 Å². The van der Waals surface area contributed by atoms with E-state index in [-0.39, 0.29) is 16.7 Å². The van der Waals surface area contributed by atoms with Gasteiger partial charge in [0.15, 0.2) is 0 Å². The Morgan fingerprint density at radius 1 is 1.00 bits per heavy atom. The Morgan fingerprint density at radius 2 is 1.71 bits per heavy atom. The fourth-order valence-electron chi connectivity index (χ4n) is 3.94. The lowest BCUT2D eigenvalue weighted by molar-refractivity contribution is -0.117. The molecule has 0 radical (unpaired) electrons. The number of carbonyl (C=O) groups excluding carboxylic acids is 2. The van der Waals surface area contributed by atoms with Gasteiger partial charge in [0.1, 0.15) is 5.75 Å². The Kier molecular flexibility index (Phi) is 5.97. The number of anilines is 2. The van der Waals surface area contributed by atoms with Gasteiger partial charge in [-0.15, -0.1) is 0 Å². The van der Waals surface area contributed by atoms with Crippen molar-refractivity contribution in [2.75, 3.05) is 37.0 Å². The summed E-state index contributed by atoms with van der Waals surface area (Å²) >= 11 is 0. The summed E-state index contributed by atoms with van der Waals surface area (Å²) in [5.74, 6) is 0.218. The van der Waals surface area contributed by atoms with Crippen LogP contribution in [-0.2, 0) is 14.8 Å². The molecule has 1 N–H and O–H groups in total. The van der Waals surface area contributed by atoms with Crippen molar-refractivity contribution in [2.45, 2.75) is 30.6 Å². The highest BCUT2D eigenvalue weighted by Gasteiger charge is 2.27. The van der Waals surface area contributed by atoms with Crippen LogP contribution >= 0.6 is 0 Å². The molecule has 2 aromatic rings. The second-order valence-corrected chi connectivity index (χ2v) is 9.56. The molecule has 0 aliphatic carbocycles. The summed E-state index contributed by atoms with van der Waals surface area (Å²) in [6.45, 7) is 1.67. The summed E-state index contributed by atoms with van der Waals surface area (Å²) in [5, 5.41) is 2.81. The molecule has 2 aromatic carbocycles. The molecule has 8 nitrogen and oxygen atoms in total. The molecule has 9 heteroatoms. The first kappa shape index (κ1) is 21.3. The highest BCUT2D eigenvalue weighted by atomic mass is 32.2. The predicted molar refractivity (Wildman–Crippen MR) is 117 cm³/mol. The number of rotatable bonds is 6. The van der Waals surface area contributed by atoms with E-state index in [0.717, 1.165) is 19.3 Å². The summed E-state index contributed by atoms with van der Waals surface area (Å²) in [4.78, 5) is 26.7. The molecule has 0 unspecified atom stereocenters. The topological polar surface area (TPSA) is 96.0 Å². The number of methoxy groups -OCH3 is 1. The van der Waals surface area contributed by atoms with Crippen LogP contribution in [0.4, 0.5) is 11.4 Å². The first-order chi connectivity index (χ1) is 14.9. The zero-order valence-corrected chi connectivity index (χ0v) is 18.2. The van der Waals surface area contributed by atoms with Gasteiger partial charge in [-0.3, -0.25) is 9.59 Å². The van der Waals surface area contributed by atoms with Crippen LogP contribution in [0.2, 0.25) is 0 Å². The normalized spacial score (nSPS) is 17.2. The lowest BCUT2D eigenvalue weighted by atomic mass is 10.2. The van der Waals surface area contributed by atoms with Crippen LogP contribution < -0.4 is 15.0 Å². The van der Waals surface area contributed by atoms with Crippen LogP contribution in [0.15, 0.2) is 47.4 Å². The molecule has 4 rings (SSSR count). The number of ether oxygens (including phenoxy) is 1. The molecule has 0 spiro atoms. The van der Waals surface area contributed by atoms with E-state index in [1.807, 2.05) is 0 Å². The van der Waals surface area contributed by atoms with Crippen molar-refractivity contribution in [3.8, 4) is 5.75 Å². The fraction of sp³-hybridized carbons (Fsp3) is 0.364. The average molecular weight is 444 g/mol. The van der Waals surface area contributed by atoms with E-state index < -0.39 is 10.0 Å². The van der Waals surface area contributed by atoms with Crippen molar-refractivity contribution >= 4 is 33.2 Å². The number of sulfonamides is 1. The lowest BCUT2D eigenvalue weighted by Gasteiger charge is -2.20.